The molecule has 3 unspecified atom stereocenters. The van der Waals surface area contributed by atoms with Gasteiger partial charge in [-0.1, -0.05) is 29.8 Å². The normalized spacial score (nSPS) is 19.6. The maximum absolute atomic E-state index is 13.5. The number of benzene rings is 2. The van der Waals surface area contributed by atoms with Gasteiger partial charge in [0.1, 0.15) is 0 Å². The van der Waals surface area contributed by atoms with Gasteiger partial charge in [-0.15, -0.1) is 0 Å². The number of rotatable bonds is 4. The Balaban J connectivity index is 1.88. The van der Waals surface area contributed by atoms with E-state index < -0.39 is 11.7 Å². The van der Waals surface area contributed by atoms with Gasteiger partial charge in [0.2, 0.25) is 0 Å². The largest absolute Gasteiger partial charge is 0.428 e. The first kappa shape index (κ1) is 23.6. The summed E-state index contributed by atoms with van der Waals surface area (Å²) in [6.45, 7) is 2.04. The van der Waals surface area contributed by atoms with Crippen LogP contribution in [-0.4, -0.2) is 35.0 Å². The van der Waals surface area contributed by atoms with E-state index in [-0.39, 0.29) is 29.7 Å². The molecule has 0 spiro atoms. The lowest BCUT2D eigenvalue weighted by Gasteiger charge is -2.35. The summed E-state index contributed by atoms with van der Waals surface area (Å²) in [4.78, 5) is 15.6. The van der Waals surface area contributed by atoms with E-state index >= 15 is 0 Å². The van der Waals surface area contributed by atoms with Crippen LogP contribution in [0, 0.1) is 0 Å². The van der Waals surface area contributed by atoms with Crippen molar-refractivity contribution in [3.63, 3.8) is 0 Å². The lowest BCUT2D eigenvalue weighted by atomic mass is 9.73. The maximum Gasteiger partial charge on any atom is 0.416 e. The molecule has 3 aromatic rings. The number of pyridine rings is 1. The predicted molar refractivity (Wildman–Crippen MR) is 123 cm³/mol. The summed E-state index contributed by atoms with van der Waals surface area (Å²) in [7, 11) is 3.90. The second-order valence-corrected chi connectivity index (χ2v) is 9.60. The minimum absolute atomic E-state index is 0.129. The molecule has 8 heteroatoms. The van der Waals surface area contributed by atoms with Crippen molar-refractivity contribution in [1.82, 2.24) is 9.63 Å². The van der Waals surface area contributed by atoms with Crippen molar-refractivity contribution in [2.24, 2.45) is 0 Å². The first-order chi connectivity index (χ1) is 15.5. The van der Waals surface area contributed by atoms with Gasteiger partial charge >= 0.3 is 6.18 Å². The fourth-order valence-electron chi connectivity index (χ4n) is 4.87. The first-order valence-corrected chi connectivity index (χ1v) is 11.2. The van der Waals surface area contributed by atoms with Gasteiger partial charge in [0.05, 0.1) is 22.2 Å². The Morgan fingerprint density at radius 3 is 2.61 bits per heavy atom. The summed E-state index contributed by atoms with van der Waals surface area (Å²) in [5.41, 5.74) is 1.02. The van der Waals surface area contributed by atoms with Crippen LogP contribution in [0.25, 0.3) is 10.9 Å². The van der Waals surface area contributed by atoms with E-state index in [0.29, 0.717) is 45.6 Å². The Kier molecular flexibility index (Phi) is 6.22. The lowest BCUT2D eigenvalue weighted by molar-refractivity contribution is -0.137. The second kappa shape index (κ2) is 8.69. The molecule has 1 aliphatic carbocycles. The van der Waals surface area contributed by atoms with Gasteiger partial charge in [0, 0.05) is 16.6 Å². The zero-order valence-electron chi connectivity index (χ0n) is 18.7. The van der Waals surface area contributed by atoms with Crippen molar-refractivity contribution < 1.29 is 18.4 Å². The van der Waals surface area contributed by atoms with Crippen molar-refractivity contribution in [2.75, 3.05) is 14.1 Å². The van der Waals surface area contributed by atoms with Gasteiger partial charge in [-0.2, -0.15) is 17.9 Å². The van der Waals surface area contributed by atoms with E-state index in [0.717, 1.165) is 10.8 Å². The number of alkyl halides is 3. The fourth-order valence-corrected chi connectivity index (χ4v) is 5.04. The van der Waals surface area contributed by atoms with Crippen LogP contribution in [0.2, 0.25) is 5.02 Å². The van der Waals surface area contributed by atoms with Crippen LogP contribution in [0.4, 0.5) is 13.2 Å². The number of hydrogen-bond acceptors (Lipinski definition) is 3. The molecule has 4 rings (SSSR count). The third-order valence-electron chi connectivity index (χ3n) is 6.85. The van der Waals surface area contributed by atoms with Crippen LogP contribution in [0.15, 0.2) is 47.3 Å². The summed E-state index contributed by atoms with van der Waals surface area (Å²) in [5.74, 6) is -0.485. The fraction of sp³-hybridized carbons (Fsp3) is 0.400. The van der Waals surface area contributed by atoms with Crippen LogP contribution in [0.3, 0.4) is 0 Å². The van der Waals surface area contributed by atoms with Gasteiger partial charge in [-0.25, -0.2) is 0 Å². The Hall–Kier alpha value is -2.51. The minimum Gasteiger partial charge on any atom is -0.428 e. The molecule has 0 amide bonds. The number of fused-ring (bicyclic) bond motifs is 2. The van der Waals surface area contributed by atoms with Gasteiger partial charge in [0.15, 0.2) is 5.43 Å². The molecular weight excluding hydrogens is 453 g/mol. The molecule has 0 aliphatic heterocycles. The third kappa shape index (κ3) is 4.49. The third-order valence-corrected chi connectivity index (χ3v) is 7.09. The summed E-state index contributed by atoms with van der Waals surface area (Å²) in [5, 5.41) is 11.8. The minimum atomic E-state index is -4.43. The highest BCUT2D eigenvalue weighted by Gasteiger charge is 2.36. The van der Waals surface area contributed by atoms with E-state index in [1.54, 1.807) is 24.3 Å². The zero-order chi connectivity index (χ0) is 24.1. The van der Waals surface area contributed by atoms with Gasteiger partial charge in [-0.3, -0.25) is 4.79 Å². The van der Waals surface area contributed by atoms with Crippen LogP contribution >= 0.6 is 11.6 Å². The van der Waals surface area contributed by atoms with Gasteiger partial charge in [-0.05, 0) is 81.9 Å². The number of aromatic nitrogens is 1. The number of halogens is 4. The molecule has 4 nitrogen and oxygen atoms in total. The smallest absolute Gasteiger partial charge is 0.416 e. The summed E-state index contributed by atoms with van der Waals surface area (Å²) in [6.07, 6.45) is -3.01. The molecule has 1 aliphatic rings. The standard InChI is InChI=1S/C25H26ClF3N2O2/c1-14(30(2)3)9-17-10-16(15-5-4-6-18(11-15)25(27,28)29)12-22-23(17)24(32)20-13-19(26)7-8-21(20)31(22)33/h4-8,11,13-14,16-17,33H,9-10,12H2,1-3H3. The molecule has 33 heavy (non-hydrogen) atoms. The lowest BCUT2D eigenvalue weighted by Crippen LogP contribution is -2.33. The molecule has 1 heterocycles. The highest BCUT2D eigenvalue weighted by atomic mass is 35.5. The van der Waals surface area contributed by atoms with E-state index in [1.165, 1.54) is 12.1 Å². The molecule has 1 aromatic heterocycles. The topological polar surface area (TPSA) is 45.5 Å². The zero-order valence-corrected chi connectivity index (χ0v) is 19.4. The van der Waals surface area contributed by atoms with E-state index in [1.807, 2.05) is 25.9 Å². The van der Waals surface area contributed by atoms with E-state index in [9.17, 15) is 23.2 Å². The molecule has 176 valence electrons. The summed E-state index contributed by atoms with van der Waals surface area (Å²) < 4.78 is 41.0. The van der Waals surface area contributed by atoms with Gasteiger partial charge in [0.25, 0.3) is 0 Å². The summed E-state index contributed by atoms with van der Waals surface area (Å²) in [6, 6.07) is 10.2. The van der Waals surface area contributed by atoms with Crippen LogP contribution in [0.1, 0.15) is 54.0 Å². The van der Waals surface area contributed by atoms with Crippen molar-refractivity contribution >= 4 is 22.5 Å². The second-order valence-electron chi connectivity index (χ2n) is 9.17. The molecule has 0 saturated carbocycles. The molecule has 0 radical (unpaired) electrons. The van der Waals surface area contributed by atoms with Crippen LogP contribution < -0.4 is 5.43 Å². The van der Waals surface area contributed by atoms with Crippen molar-refractivity contribution in [2.45, 2.75) is 50.2 Å². The van der Waals surface area contributed by atoms with Crippen molar-refractivity contribution in [1.29, 1.82) is 0 Å². The van der Waals surface area contributed by atoms with Crippen LogP contribution in [0.5, 0.6) is 0 Å². The Morgan fingerprint density at radius 2 is 1.94 bits per heavy atom. The monoisotopic (exact) mass is 478 g/mol. The van der Waals surface area contributed by atoms with Crippen molar-refractivity contribution in [3.05, 3.63) is 80.1 Å². The number of nitrogens with zero attached hydrogens (tertiary/aromatic N) is 2. The van der Waals surface area contributed by atoms with Crippen molar-refractivity contribution in [3.8, 4) is 0 Å². The molecule has 0 fully saturated rings. The van der Waals surface area contributed by atoms with E-state index in [2.05, 4.69) is 0 Å². The Bertz CT molecular complexity index is 1250. The van der Waals surface area contributed by atoms with Crippen LogP contribution in [-0.2, 0) is 12.6 Å². The average Bonchev–Trinajstić information content (AvgIpc) is 2.76. The predicted octanol–water partition coefficient (Wildman–Crippen LogP) is 6.06. The number of hydrogen-bond donors (Lipinski definition) is 1. The molecule has 2 aromatic carbocycles. The first-order valence-electron chi connectivity index (χ1n) is 10.9. The van der Waals surface area contributed by atoms with E-state index in [4.69, 9.17) is 11.6 Å². The Labute approximate surface area is 195 Å². The SMILES string of the molecule is CC(CC1CC(c2cccc(C(F)(F)F)c2)Cc2c1c(=O)c1cc(Cl)ccc1n2O)N(C)C. The maximum atomic E-state index is 13.5. The highest BCUT2D eigenvalue weighted by Crippen LogP contribution is 2.43. The average molecular weight is 479 g/mol. The molecule has 1 N–H and O–H groups in total. The highest BCUT2D eigenvalue weighted by molar-refractivity contribution is 6.31. The molecular formula is C25H26ClF3N2O2. The Morgan fingerprint density at radius 1 is 1.21 bits per heavy atom. The summed E-state index contributed by atoms with van der Waals surface area (Å²) >= 11 is 6.11. The molecule has 0 bridgehead atoms. The molecule has 0 saturated heterocycles. The molecule has 3 atom stereocenters. The van der Waals surface area contributed by atoms with Gasteiger partial charge < -0.3 is 10.1 Å². The quantitative estimate of drug-likeness (QED) is 0.463.